The number of hydrogen-bond acceptors (Lipinski definition) is 4. The molecule has 0 atom stereocenters. The Morgan fingerprint density at radius 3 is 2.87 bits per heavy atom. The summed E-state index contributed by atoms with van der Waals surface area (Å²) in [4.78, 5) is 23.8. The molecule has 124 valence electrons. The van der Waals surface area contributed by atoms with Gasteiger partial charge in [0.2, 0.25) is 5.91 Å². The third-order valence-electron chi connectivity index (χ3n) is 3.51. The van der Waals surface area contributed by atoms with Gasteiger partial charge in [0.1, 0.15) is 0 Å². The zero-order chi connectivity index (χ0) is 16.8. The fraction of sp³-hybridized carbons (Fsp3) is 0.438. The molecule has 0 aliphatic rings. The first-order chi connectivity index (χ1) is 11.1. The summed E-state index contributed by atoms with van der Waals surface area (Å²) in [5, 5.41) is 9.92. The van der Waals surface area contributed by atoms with E-state index in [-0.39, 0.29) is 17.3 Å². The summed E-state index contributed by atoms with van der Waals surface area (Å²) in [6.45, 7) is 6.63. The number of hydrogen-bond donors (Lipinski definition) is 2. The van der Waals surface area contributed by atoms with Crippen molar-refractivity contribution in [1.29, 1.82) is 0 Å². The smallest absolute Gasteiger partial charge is 0.325 e. The second-order valence-corrected chi connectivity index (χ2v) is 6.20. The van der Waals surface area contributed by atoms with E-state index in [0.29, 0.717) is 11.7 Å². The summed E-state index contributed by atoms with van der Waals surface area (Å²) in [6, 6.07) is 5.99. The van der Waals surface area contributed by atoms with Crippen LogP contribution in [0.1, 0.15) is 31.4 Å². The van der Waals surface area contributed by atoms with Gasteiger partial charge >= 0.3 is 5.69 Å². The summed E-state index contributed by atoms with van der Waals surface area (Å²) in [5.41, 5.74) is 2.81. The Balaban J connectivity index is 2.03. The lowest BCUT2D eigenvalue weighted by Gasteiger charge is -2.12. The quantitative estimate of drug-likeness (QED) is 0.763. The predicted molar refractivity (Wildman–Crippen MR) is 93.0 cm³/mol. The van der Waals surface area contributed by atoms with Gasteiger partial charge in [0.15, 0.2) is 5.16 Å². The summed E-state index contributed by atoms with van der Waals surface area (Å²) in [5.74, 6) is 0.114. The molecule has 2 rings (SSSR count). The van der Waals surface area contributed by atoms with Gasteiger partial charge in [-0.15, -0.1) is 5.10 Å². The number of nitrogens with zero attached hydrogens (tertiary/aromatic N) is 2. The van der Waals surface area contributed by atoms with Crippen LogP contribution >= 0.6 is 11.8 Å². The Kier molecular flexibility index (Phi) is 6.04. The number of carbonyl (C=O) groups is 1. The molecule has 7 heteroatoms. The van der Waals surface area contributed by atoms with Gasteiger partial charge in [-0.25, -0.2) is 9.89 Å². The number of rotatable bonds is 7. The molecule has 1 aromatic heterocycles. The Hall–Kier alpha value is -2.02. The number of amides is 1. The van der Waals surface area contributed by atoms with E-state index in [1.807, 2.05) is 32.0 Å². The molecular formula is C16H22N4O2S. The van der Waals surface area contributed by atoms with Crippen molar-refractivity contribution in [2.24, 2.45) is 0 Å². The maximum atomic E-state index is 12.2. The number of benzene rings is 1. The van der Waals surface area contributed by atoms with E-state index in [2.05, 4.69) is 22.4 Å². The van der Waals surface area contributed by atoms with Crippen LogP contribution in [0, 0.1) is 6.92 Å². The van der Waals surface area contributed by atoms with Gasteiger partial charge in [-0.2, -0.15) is 0 Å². The minimum absolute atomic E-state index is 0.0995. The molecule has 0 radical (unpaired) electrons. The molecule has 2 N–H and O–H groups in total. The Morgan fingerprint density at radius 2 is 2.17 bits per heavy atom. The van der Waals surface area contributed by atoms with Crippen LogP contribution in [0.4, 0.5) is 5.69 Å². The van der Waals surface area contributed by atoms with Gasteiger partial charge in [0.05, 0.1) is 5.75 Å². The second kappa shape index (κ2) is 8.01. The molecule has 1 amide bonds. The first-order valence-electron chi connectivity index (χ1n) is 7.73. The number of nitrogens with one attached hydrogen (secondary N) is 2. The van der Waals surface area contributed by atoms with Gasteiger partial charge in [-0.05, 0) is 30.9 Å². The van der Waals surface area contributed by atoms with Gasteiger partial charge in [-0.1, -0.05) is 43.8 Å². The lowest BCUT2D eigenvalue weighted by atomic mass is 10.1. The maximum Gasteiger partial charge on any atom is 0.343 e. The predicted octanol–water partition coefficient (Wildman–Crippen LogP) is 2.58. The van der Waals surface area contributed by atoms with Crippen LogP contribution in [-0.2, 0) is 17.8 Å². The summed E-state index contributed by atoms with van der Waals surface area (Å²) in [6.07, 6.45) is 1.70. The van der Waals surface area contributed by atoms with Crippen molar-refractivity contribution in [3.63, 3.8) is 0 Å². The average Bonchev–Trinajstić information content (AvgIpc) is 2.88. The molecule has 1 aromatic carbocycles. The van der Waals surface area contributed by atoms with Crippen LogP contribution in [0.3, 0.4) is 0 Å². The number of thioether (sulfide) groups is 1. The molecule has 6 nitrogen and oxygen atoms in total. The van der Waals surface area contributed by atoms with Crippen LogP contribution < -0.4 is 11.0 Å². The third kappa shape index (κ3) is 4.25. The molecule has 0 aliphatic heterocycles. The van der Waals surface area contributed by atoms with Crippen LogP contribution in [-0.4, -0.2) is 26.4 Å². The SMILES string of the molecule is CCCn1c(SCC(=O)Nc2c(C)cccc2CC)n[nH]c1=O. The fourth-order valence-electron chi connectivity index (χ4n) is 2.34. The average molecular weight is 334 g/mol. The van der Waals surface area contributed by atoms with E-state index in [1.165, 1.54) is 11.8 Å². The molecule has 2 aromatic rings. The van der Waals surface area contributed by atoms with Gasteiger partial charge in [-0.3, -0.25) is 9.36 Å². The molecule has 0 saturated heterocycles. The highest BCUT2D eigenvalue weighted by atomic mass is 32.2. The lowest BCUT2D eigenvalue weighted by Crippen LogP contribution is -2.19. The Labute approximate surface area is 139 Å². The van der Waals surface area contributed by atoms with Crippen molar-refractivity contribution in [3.8, 4) is 0 Å². The number of H-pyrrole nitrogens is 1. The molecule has 0 bridgehead atoms. The monoisotopic (exact) mass is 334 g/mol. The van der Waals surface area contributed by atoms with Crippen molar-refractivity contribution in [2.75, 3.05) is 11.1 Å². The highest BCUT2D eigenvalue weighted by molar-refractivity contribution is 7.99. The van der Waals surface area contributed by atoms with Gasteiger partial charge in [0, 0.05) is 12.2 Å². The number of aromatic nitrogens is 3. The summed E-state index contributed by atoms with van der Waals surface area (Å²) in [7, 11) is 0. The molecule has 0 fully saturated rings. The highest BCUT2D eigenvalue weighted by Gasteiger charge is 2.12. The van der Waals surface area contributed by atoms with E-state index < -0.39 is 0 Å². The standard InChI is InChI=1S/C16H22N4O2S/c1-4-9-20-15(22)18-19-16(20)23-10-13(21)17-14-11(3)7-6-8-12(14)5-2/h6-8H,4-5,9-10H2,1-3H3,(H,17,21)(H,18,22). The van der Waals surface area contributed by atoms with Crippen molar-refractivity contribution < 1.29 is 4.79 Å². The maximum absolute atomic E-state index is 12.2. The van der Waals surface area contributed by atoms with E-state index in [4.69, 9.17) is 0 Å². The zero-order valence-corrected chi connectivity index (χ0v) is 14.5. The summed E-state index contributed by atoms with van der Waals surface area (Å²) < 4.78 is 1.56. The minimum Gasteiger partial charge on any atom is -0.325 e. The topological polar surface area (TPSA) is 79.8 Å². The second-order valence-electron chi connectivity index (χ2n) is 5.26. The minimum atomic E-state index is -0.234. The number of carbonyl (C=O) groups excluding carboxylic acids is 1. The van der Waals surface area contributed by atoms with Crippen LogP contribution in [0.2, 0.25) is 0 Å². The van der Waals surface area contributed by atoms with Crippen LogP contribution in [0.25, 0.3) is 0 Å². The van der Waals surface area contributed by atoms with Crippen LogP contribution in [0.15, 0.2) is 28.2 Å². The third-order valence-corrected chi connectivity index (χ3v) is 4.48. The van der Waals surface area contributed by atoms with E-state index in [0.717, 1.165) is 29.7 Å². The van der Waals surface area contributed by atoms with Gasteiger partial charge in [0.25, 0.3) is 0 Å². The van der Waals surface area contributed by atoms with Crippen molar-refractivity contribution in [2.45, 2.75) is 45.3 Å². The lowest BCUT2D eigenvalue weighted by molar-refractivity contribution is -0.113. The molecule has 0 saturated carbocycles. The largest absolute Gasteiger partial charge is 0.343 e. The number of aromatic amines is 1. The van der Waals surface area contributed by atoms with E-state index >= 15 is 0 Å². The van der Waals surface area contributed by atoms with Crippen molar-refractivity contribution >= 4 is 23.4 Å². The number of anilines is 1. The number of para-hydroxylation sites is 1. The fourth-order valence-corrected chi connectivity index (χ4v) is 3.11. The van der Waals surface area contributed by atoms with Crippen molar-refractivity contribution in [3.05, 3.63) is 39.8 Å². The van der Waals surface area contributed by atoms with E-state index in [1.54, 1.807) is 4.57 Å². The number of aryl methyl sites for hydroxylation is 2. The van der Waals surface area contributed by atoms with E-state index in [9.17, 15) is 9.59 Å². The Morgan fingerprint density at radius 1 is 1.39 bits per heavy atom. The molecular weight excluding hydrogens is 312 g/mol. The normalized spacial score (nSPS) is 10.7. The van der Waals surface area contributed by atoms with Crippen LogP contribution in [0.5, 0.6) is 0 Å². The zero-order valence-electron chi connectivity index (χ0n) is 13.7. The van der Waals surface area contributed by atoms with Gasteiger partial charge < -0.3 is 5.32 Å². The first-order valence-corrected chi connectivity index (χ1v) is 8.71. The molecule has 1 heterocycles. The van der Waals surface area contributed by atoms with Crippen molar-refractivity contribution in [1.82, 2.24) is 14.8 Å². The summed E-state index contributed by atoms with van der Waals surface area (Å²) >= 11 is 1.26. The molecule has 23 heavy (non-hydrogen) atoms. The Bertz CT molecular complexity index is 736. The first kappa shape index (κ1) is 17.3. The molecule has 0 aliphatic carbocycles. The molecule has 0 unspecified atom stereocenters. The molecule has 0 spiro atoms. The highest BCUT2D eigenvalue weighted by Crippen LogP contribution is 2.22.